The van der Waals surface area contributed by atoms with E-state index in [9.17, 15) is 40.3 Å². The molecule has 5 rings (SSSR count). The standard InChI is InChI=1S/C34H39N3O10S2/c1-33(2)24-20-22(48(41,42)43)13-15-26(24)35(5)28(33)10-9-11-29-34(3,4)25-21-23(49(44,45)46)14-16-27(25)36(29)19-8-6-7-12-32(40)47-37-30(38)17-18-31(37)39/h9-11,13-16,20-21H,6-8,12,17-19H2,1-5H3,(H-,41,42,43,44,45,46). The zero-order valence-electron chi connectivity index (χ0n) is 27.9. The second kappa shape index (κ2) is 12.9. The second-order valence-electron chi connectivity index (χ2n) is 13.4. The average molecular weight is 714 g/mol. The number of fused-ring (bicyclic) bond motifs is 2. The molecule has 49 heavy (non-hydrogen) atoms. The molecule has 1 fully saturated rings. The molecule has 13 nitrogen and oxygen atoms in total. The molecule has 1 N–H and O–H groups in total. The van der Waals surface area contributed by atoms with Crippen LogP contribution in [0.1, 0.15) is 77.3 Å². The lowest BCUT2D eigenvalue weighted by Gasteiger charge is -2.27. The van der Waals surface area contributed by atoms with Crippen molar-refractivity contribution < 1.29 is 49.7 Å². The van der Waals surface area contributed by atoms with E-state index in [1.165, 1.54) is 24.3 Å². The minimum Gasteiger partial charge on any atom is -0.744 e. The van der Waals surface area contributed by atoms with Crippen molar-refractivity contribution in [3.8, 4) is 0 Å². The SMILES string of the molecule is C[N+]1=C(/C=C/C=C2/N(CCCCCC(=O)ON3C(=O)CCC3=O)c3ccc(S(=O)(=O)[O-])cc3C2(C)C)C(C)(C)c2cc(S(=O)(=O)O)ccc21. The van der Waals surface area contributed by atoms with Crippen LogP contribution in [0, 0.1) is 0 Å². The van der Waals surface area contributed by atoms with Gasteiger partial charge in [-0.3, -0.25) is 14.1 Å². The smallest absolute Gasteiger partial charge is 0.333 e. The fourth-order valence-electron chi connectivity index (χ4n) is 6.78. The number of hydroxylamine groups is 2. The van der Waals surface area contributed by atoms with Gasteiger partial charge in [0.15, 0.2) is 5.71 Å². The summed E-state index contributed by atoms with van der Waals surface area (Å²) in [6.07, 6.45) is 7.48. The van der Waals surface area contributed by atoms with Gasteiger partial charge in [-0.1, -0.05) is 26.3 Å². The number of carbonyl (C=O) groups excluding carboxylic acids is 3. The number of amides is 2. The van der Waals surface area contributed by atoms with Gasteiger partial charge in [0.25, 0.3) is 21.9 Å². The molecule has 262 valence electrons. The first kappa shape index (κ1) is 36.1. The molecule has 0 saturated carbocycles. The third-order valence-corrected chi connectivity index (χ3v) is 11.1. The number of hydrogen-bond donors (Lipinski definition) is 1. The van der Waals surface area contributed by atoms with Crippen molar-refractivity contribution >= 4 is 55.1 Å². The van der Waals surface area contributed by atoms with Gasteiger partial charge in [0.1, 0.15) is 17.2 Å². The number of unbranched alkanes of at least 4 members (excludes halogenated alkanes) is 2. The van der Waals surface area contributed by atoms with E-state index in [-0.39, 0.29) is 29.1 Å². The first-order valence-corrected chi connectivity index (χ1v) is 18.7. The van der Waals surface area contributed by atoms with Gasteiger partial charge in [0, 0.05) is 60.3 Å². The summed E-state index contributed by atoms with van der Waals surface area (Å²) in [5.74, 6) is -1.73. The van der Waals surface area contributed by atoms with Crippen LogP contribution in [0.3, 0.4) is 0 Å². The van der Waals surface area contributed by atoms with Crippen LogP contribution in [-0.2, 0) is 50.3 Å². The Kier molecular flexibility index (Phi) is 9.53. The molecule has 0 aliphatic carbocycles. The fraction of sp³-hybridized carbons (Fsp3) is 0.412. The first-order chi connectivity index (χ1) is 22.7. The molecule has 0 spiro atoms. The molecule has 2 amide bonds. The summed E-state index contributed by atoms with van der Waals surface area (Å²) >= 11 is 0. The van der Waals surface area contributed by atoms with E-state index in [0.717, 1.165) is 28.3 Å². The van der Waals surface area contributed by atoms with Crippen LogP contribution < -0.4 is 4.90 Å². The van der Waals surface area contributed by atoms with Crippen LogP contribution >= 0.6 is 0 Å². The van der Waals surface area contributed by atoms with Crippen LogP contribution in [0.25, 0.3) is 0 Å². The van der Waals surface area contributed by atoms with Gasteiger partial charge >= 0.3 is 5.97 Å². The Labute approximate surface area is 286 Å². The zero-order chi connectivity index (χ0) is 36.1. The molecule has 3 aliphatic rings. The van der Waals surface area contributed by atoms with Crippen molar-refractivity contribution in [3.05, 3.63) is 71.5 Å². The van der Waals surface area contributed by atoms with Crippen molar-refractivity contribution in [2.45, 2.75) is 86.8 Å². The summed E-state index contributed by atoms with van der Waals surface area (Å²) in [4.78, 5) is 42.2. The largest absolute Gasteiger partial charge is 0.744 e. The molecule has 0 bridgehead atoms. The van der Waals surface area contributed by atoms with Gasteiger partial charge in [-0.25, -0.2) is 13.2 Å². The Morgan fingerprint density at radius 1 is 0.939 bits per heavy atom. The highest BCUT2D eigenvalue weighted by Crippen LogP contribution is 2.49. The lowest BCUT2D eigenvalue weighted by atomic mass is 9.81. The molecular formula is C34H39N3O10S2. The second-order valence-corrected chi connectivity index (χ2v) is 16.2. The van der Waals surface area contributed by atoms with E-state index < -0.39 is 48.8 Å². The normalized spacial score (nSPS) is 19.4. The van der Waals surface area contributed by atoms with Gasteiger partial charge in [-0.05, 0) is 68.7 Å². The lowest BCUT2D eigenvalue weighted by Crippen LogP contribution is -2.32. The lowest BCUT2D eigenvalue weighted by molar-refractivity contribution is -0.401. The molecule has 15 heteroatoms. The summed E-state index contributed by atoms with van der Waals surface area (Å²) in [6.45, 7) is 8.30. The number of benzene rings is 2. The van der Waals surface area contributed by atoms with Crippen molar-refractivity contribution in [2.75, 3.05) is 18.5 Å². The predicted octanol–water partition coefficient (Wildman–Crippen LogP) is 4.25. The number of carbonyl (C=O) groups is 3. The molecule has 2 aromatic rings. The van der Waals surface area contributed by atoms with Gasteiger partial charge in [-0.2, -0.15) is 13.0 Å². The summed E-state index contributed by atoms with van der Waals surface area (Å²) in [6, 6.07) is 8.83. The van der Waals surface area contributed by atoms with E-state index >= 15 is 0 Å². The van der Waals surface area contributed by atoms with Gasteiger partial charge < -0.3 is 14.3 Å². The van der Waals surface area contributed by atoms with Crippen LogP contribution in [0.2, 0.25) is 0 Å². The van der Waals surface area contributed by atoms with Crippen molar-refractivity contribution in [1.82, 2.24) is 5.06 Å². The number of nitrogens with zero attached hydrogens (tertiary/aromatic N) is 3. The van der Waals surface area contributed by atoms with E-state index in [2.05, 4.69) is 4.90 Å². The maximum Gasteiger partial charge on any atom is 0.333 e. The van der Waals surface area contributed by atoms with E-state index in [4.69, 9.17) is 4.84 Å². The number of rotatable bonds is 11. The number of hydrogen-bond acceptors (Lipinski definition) is 10. The van der Waals surface area contributed by atoms with Crippen LogP contribution in [-0.4, -0.2) is 72.7 Å². The number of imide groups is 1. The molecule has 1 saturated heterocycles. The van der Waals surface area contributed by atoms with E-state index in [1.807, 2.05) is 57.5 Å². The van der Waals surface area contributed by atoms with Crippen LogP contribution in [0.15, 0.2) is 70.1 Å². The number of allylic oxidation sites excluding steroid dienone is 4. The molecule has 3 heterocycles. The zero-order valence-corrected chi connectivity index (χ0v) is 29.6. The monoisotopic (exact) mass is 713 g/mol. The van der Waals surface area contributed by atoms with Crippen molar-refractivity contribution in [2.24, 2.45) is 0 Å². The minimum absolute atomic E-state index is 0.0192. The molecule has 3 aliphatic heterocycles. The Morgan fingerprint density at radius 2 is 1.57 bits per heavy atom. The molecule has 0 aromatic heterocycles. The topological polar surface area (TPSA) is 181 Å². The quantitative estimate of drug-likeness (QED) is 0.152. The third kappa shape index (κ3) is 6.98. The molecule has 2 aromatic carbocycles. The Balaban J connectivity index is 1.37. The van der Waals surface area contributed by atoms with E-state index in [1.54, 1.807) is 12.1 Å². The summed E-state index contributed by atoms with van der Waals surface area (Å²) < 4.78 is 70.9. The first-order valence-electron chi connectivity index (χ1n) is 15.8. The van der Waals surface area contributed by atoms with Crippen molar-refractivity contribution in [3.63, 3.8) is 0 Å². The van der Waals surface area contributed by atoms with Crippen LogP contribution in [0.4, 0.5) is 11.4 Å². The Morgan fingerprint density at radius 3 is 2.20 bits per heavy atom. The highest BCUT2D eigenvalue weighted by Gasteiger charge is 2.44. The maximum atomic E-state index is 12.2. The third-order valence-electron chi connectivity index (χ3n) is 9.42. The number of anilines is 1. The van der Waals surface area contributed by atoms with E-state index in [0.29, 0.717) is 36.4 Å². The molecule has 0 unspecified atom stereocenters. The van der Waals surface area contributed by atoms with Gasteiger partial charge in [0.05, 0.1) is 15.2 Å². The highest BCUT2D eigenvalue weighted by atomic mass is 32.2. The molecule has 0 atom stereocenters. The molecule has 0 radical (unpaired) electrons. The summed E-state index contributed by atoms with van der Waals surface area (Å²) in [5.41, 5.74) is 3.36. The Hall–Kier alpha value is -4.18. The minimum atomic E-state index is -4.70. The highest BCUT2D eigenvalue weighted by molar-refractivity contribution is 7.86. The molecular weight excluding hydrogens is 675 g/mol. The predicted molar refractivity (Wildman–Crippen MR) is 178 cm³/mol. The van der Waals surface area contributed by atoms with Crippen LogP contribution in [0.5, 0.6) is 0 Å². The Bertz CT molecular complexity index is 2050. The van der Waals surface area contributed by atoms with Crippen molar-refractivity contribution in [1.29, 1.82) is 0 Å². The fourth-order valence-corrected chi connectivity index (χ4v) is 7.78. The van der Waals surface area contributed by atoms with Gasteiger partial charge in [-0.15, -0.1) is 5.06 Å². The summed E-state index contributed by atoms with van der Waals surface area (Å²) in [5, 5.41) is 0.532. The summed E-state index contributed by atoms with van der Waals surface area (Å²) in [7, 11) is -7.21. The average Bonchev–Trinajstić information content (AvgIpc) is 3.51. The van der Waals surface area contributed by atoms with Gasteiger partial charge in [0.2, 0.25) is 5.69 Å². The maximum absolute atomic E-state index is 12.2.